The first-order valence-corrected chi connectivity index (χ1v) is 5.89. The average molecular weight is 291 g/mol. The lowest BCUT2D eigenvalue weighted by Crippen LogP contribution is -2.15. The van der Waals surface area contributed by atoms with Crippen LogP contribution < -0.4 is 0 Å². The van der Waals surface area contributed by atoms with Crippen molar-refractivity contribution in [2.24, 2.45) is 5.92 Å². The van der Waals surface area contributed by atoms with Crippen LogP contribution >= 0.6 is 15.9 Å². The van der Waals surface area contributed by atoms with E-state index in [1.54, 1.807) is 0 Å². The Labute approximate surface area is 102 Å². The fraction of sp³-hybridized carbons (Fsp3) is 0.417. The second-order valence-corrected chi connectivity index (χ2v) is 4.60. The zero-order valence-corrected chi connectivity index (χ0v) is 10.8. The molecule has 0 amide bonds. The van der Waals surface area contributed by atoms with E-state index in [-0.39, 0.29) is 28.2 Å². The molecule has 1 unspecified atom stereocenters. The van der Waals surface area contributed by atoms with Crippen molar-refractivity contribution in [1.82, 2.24) is 0 Å². The molecular formula is C12H13BrF2O. The molecule has 0 heterocycles. The minimum atomic E-state index is -0.611. The van der Waals surface area contributed by atoms with Gasteiger partial charge in [0.15, 0.2) is 0 Å². The highest BCUT2D eigenvalue weighted by molar-refractivity contribution is 9.10. The Hall–Kier alpha value is -0.770. The van der Waals surface area contributed by atoms with Crippen LogP contribution in [0.25, 0.3) is 0 Å². The summed E-state index contributed by atoms with van der Waals surface area (Å²) in [6, 6.07) is 2.53. The molecule has 0 aliphatic rings. The molecule has 88 valence electrons. The SMILES string of the molecule is CCC(Cc1c(F)ccc(Br)c1F)C(C)=O. The lowest BCUT2D eigenvalue weighted by atomic mass is 9.93. The van der Waals surface area contributed by atoms with Crippen LogP contribution in [0.4, 0.5) is 8.78 Å². The van der Waals surface area contributed by atoms with Crippen molar-refractivity contribution in [1.29, 1.82) is 0 Å². The van der Waals surface area contributed by atoms with Crippen LogP contribution in [0.2, 0.25) is 0 Å². The molecule has 0 radical (unpaired) electrons. The fourth-order valence-corrected chi connectivity index (χ4v) is 1.95. The normalized spacial score (nSPS) is 12.6. The molecule has 0 saturated carbocycles. The zero-order valence-electron chi connectivity index (χ0n) is 9.19. The minimum Gasteiger partial charge on any atom is -0.300 e. The largest absolute Gasteiger partial charge is 0.300 e. The van der Waals surface area contributed by atoms with Crippen molar-refractivity contribution in [3.8, 4) is 0 Å². The van der Waals surface area contributed by atoms with E-state index in [0.29, 0.717) is 6.42 Å². The average Bonchev–Trinajstić information content (AvgIpc) is 2.23. The second-order valence-electron chi connectivity index (χ2n) is 3.74. The Morgan fingerprint density at radius 1 is 1.44 bits per heavy atom. The highest BCUT2D eigenvalue weighted by Crippen LogP contribution is 2.25. The molecule has 0 fully saturated rings. The molecule has 0 saturated heterocycles. The summed E-state index contributed by atoms with van der Waals surface area (Å²) >= 11 is 3.00. The second kappa shape index (κ2) is 5.53. The molecule has 1 atom stereocenters. The Morgan fingerprint density at radius 3 is 2.56 bits per heavy atom. The van der Waals surface area contributed by atoms with Crippen molar-refractivity contribution in [3.63, 3.8) is 0 Å². The maximum atomic E-state index is 13.6. The molecule has 0 spiro atoms. The topological polar surface area (TPSA) is 17.1 Å². The first kappa shape index (κ1) is 13.3. The van der Waals surface area contributed by atoms with Crippen molar-refractivity contribution in [2.45, 2.75) is 26.7 Å². The van der Waals surface area contributed by atoms with Gasteiger partial charge in [-0.2, -0.15) is 0 Å². The Bertz CT molecular complexity index is 404. The van der Waals surface area contributed by atoms with Gasteiger partial charge in [0.05, 0.1) is 4.47 Å². The first-order valence-electron chi connectivity index (χ1n) is 5.10. The molecule has 0 aromatic heterocycles. The summed E-state index contributed by atoms with van der Waals surface area (Å²) in [7, 11) is 0. The number of hydrogen-bond donors (Lipinski definition) is 0. The summed E-state index contributed by atoms with van der Waals surface area (Å²) in [5.41, 5.74) is -0.0172. The first-order chi connectivity index (χ1) is 7.47. The lowest BCUT2D eigenvalue weighted by Gasteiger charge is -2.13. The van der Waals surface area contributed by atoms with Crippen LogP contribution in [-0.4, -0.2) is 5.78 Å². The van der Waals surface area contributed by atoms with Gasteiger partial charge in [-0.05, 0) is 47.8 Å². The summed E-state index contributed by atoms with van der Waals surface area (Å²) in [6.45, 7) is 3.28. The summed E-state index contributed by atoms with van der Waals surface area (Å²) in [6.07, 6.45) is 0.698. The van der Waals surface area contributed by atoms with E-state index in [1.807, 2.05) is 6.92 Å². The van der Waals surface area contributed by atoms with Gasteiger partial charge in [-0.3, -0.25) is 4.79 Å². The summed E-state index contributed by atoms with van der Waals surface area (Å²) in [5, 5.41) is 0. The lowest BCUT2D eigenvalue weighted by molar-refractivity contribution is -0.120. The van der Waals surface area contributed by atoms with Gasteiger partial charge in [-0.25, -0.2) is 8.78 Å². The summed E-state index contributed by atoms with van der Waals surface area (Å²) in [5.74, 6) is -1.57. The van der Waals surface area contributed by atoms with Crippen LogP contribution in [0.15, 0.2) is 16.6 Å². The van der Waals surface area contributed by atoms with Gasteiger partial charge in [0, 0.05) is 11.5 Å². The molecule has 4 heteroatoms. The Balaban J connectivity index is 3.04. The molecule has 1 aromatic carbocycles. The number of rotatable bonds is 4. The van der Waals surface area contributed by atoms with Crippen molar-refractivity contribution in [3.05, 3.63) is 33.8 Å². The van der Waals surface area contributed by atoms with E-state index in [4.69, 9.17) is 0 Å². The quantitative estimate of drug-likeness (QED) is 0.769. The van der Waals surface area contributed by atoms with Crippen molar-refractivity contribution in [2.75, 3.05) is 0 Å². The molecule has 0 aliphatic heterocycles. The predicted molar refractivity (Wildman–Crippen MR) is 62.2 cm³/mol. The molecule has 16 heavy (non-hydrogen) atoms. The van der Waals surface area contributed by atoms with Gasteiger partial charge >= 0.3 is 0 Å². The van der Waals surface area contributed by atoms with E-state index in [0.717, 1.165) is 0 Å². The molecule has 0 N–H and O–H groups in total. The van der Waals surface area contributed by atoms with E-state index in [1.165, 1.54) is 19.1 Å². The van der Waals surface area contributed by atoms with Crippen molar-refractivity contribution >= 4 is 21.7 Å². The number of carbonyl (C=O) groups excluding carboxylic acids is 1. The highest BCUT2D eigenvalue weighted by atomic mass is 79.9. The summed E-state index contributed by atoms with van der Waals surface area (Å²) < 4.78 is 27.3. The van der Waals surface area contributed by atoms with E-state index in [2.05, 4.69) is 15.9 Å². The van der Waals surface area contributed by atoms with E-state index in [9.17, 15) is 13.6 Å². The van der Waals surface area contributed by atoms with Gasteiger partial charge in [0.2, 0.25) is 0 Å². The van der Waals surface area contributed by atoms with Crippen LogP contribution in [-0.2, 0) is 11.2 Å². The van der Waals surface area contributed by atoms with Crippen LogP contribution in [0.1, 0.15) is 25.8 Å². The summed E-state index contributed by atoms with van der Waals surface area (Å²) in [4.78, 5) is 11.2. The number of benzene rings is 1. The highest BCUT2D eigenvalue weighted by Gasteiger charge is 2.19. The van der Waals surface area contributed by atoms with Crippen LogP contribution in [0.5, 0.6) is 0 Å². The van der Waals surface area contributed by atoms with Gasteiger partial charge in [-0.15, -0.1) is 0 Å². The number of carbonyl (C=O) groups is 1. The van der Waals surface area contributed by atoms with Gasteiger partial charge in [0.1, 0.15) is 17.4 Å². The maximum absolute atomic E-state index is 13.6. The van der Waals surface area contributed by atoms with E-state index < -0.39 is 11.6 Å². The van der Waals surface area contributed by atoms with Gasteiger partial charge in [-0.1, -0.05) is 6.92 Å². The van der Waals surface area contributed by atoms with Crippen LogP contribution in [0, 0.1) is 17.6 Å². The molecular weight excluding hydrogens is 278 g/mol. The number of Topliss-reactive ketones (excluding diaryl/α,β-unsaturated/α-hetero) is 1. The van der Waals surface area contributed by atoms with E-state index >= 15 is 0 Å². The zero-order chi connectivity index (χ0) is 12.3. The third-order valence-corrected chi connectivity index (χ3v) is 3.27. The fourth-order valence-electron chi connectivity index (χ4n) is 1.58. The maximum Gasteiger partial charge on any atom is 0.143 e. The number of halogens is 3. The smallest absolute Gasteiger partial charge is 0.143 e. The molecule has 1 aromatic rings. The van der Waals surface area contributed by atoms with Gasteiger partial charge < -0.3 is 0 Å². The minimum absolute atomic E-state index is 0.0172. The third kappa shape index (κ3) is 2.88. The Morgan fingerprint density at radius 2 is 2.06 bits per heavy atom. The van der Waals surface area contributed by atoms with Gasteiger partial charge in [0.25, 0.3) is 0 Å². The van der Waals surface area contributed by atoms with Crippen molar-refractivity contribution < 1.29 is 13.6 Å². The van der Waals surface area contributed by atoms with Crippen LogP contribution in [0.3, 0.4) is 0 Å². The molecule has 1 rings (SSSR count). The number of hydrogen-bond acceptors (Lipinski definition) is 1. The predicted octanol–water partition coefficient (Wildman–Crippen LogP) is 3.89. The monoisotopic (exact) mass is 290 g/mol. The molecule has 0 bridgehead atoms. The third-order valence-electron chi connectivity index (χ3n) is 2.66. The molecule has 1 nitrogen and oxygen atoms in total. The standard InChI is InChI=1S/C12H13BrF2O/c1-3-8(7(2)16)6-9-11(14)5-4-10(13)12(9)15/h4-5,8H,3,6H2,1-2H3. The Kier molecular flexibility index (Phi) is 4.59. The molecule has 0 aliphatic carbocycles. The number of ketones is 1.